The molecule has 12 heavy (non-hydrogen) atoms. The summed E-state index contributed by atoms with van der Waals surface area (Å²) in [6.45, 7) is 0. The highest BCUT2D eigenvalue weighted by Crippen LogP contribution is 2.26. The van der Waals surface area contributed by atoms with Crippen LogP contribution in [0.2, 0.25) is 0 Å². The van der Waals surface area contributed by atoms with Crippen LogP contribution in [0.1, 0.15) is 10.4 Å². The van der Waals surface area contributed by atoms with Gasteiger partial charge in [-0.2, -0.15) is 4.42 Å². The molecule has 0 saturated carbocycles. The average Bonchev–Trinajstić information content (AvgIpc) is 2.33. The first-order valence-electron chi connectivity index (χ1n) is 3.21. The molecular formula is C7H3ClN2O2. The van der Waals surface area contributed by atoms with Crippen LogP contribution in [0.15, 0.2) is 18.3 Å². The normalized spacial score (nSPS) is 15.2. The Balaban J connectivity index is 2.67. The summed E-state index contributed by atoms with van der Waals surface area (Å²) in [7, 11) is 0. The van der Waals surface area contributed by atoms with Crippen molar-refractivity contribution in [1.82, 2.24) is 4.98 Å². The molecule has 2 heterocycles. The lowest BCUT2D eigenvalue weighted by atomic mass is 10.2. The largest absolute Gasteiger partial charge is 0.315 e. The number of aromatic nitrogens is 1. The minimum absolute atomic E-state index is 0.217. The number of anilines is 1. The maximum Gasteiger partial charge on any atom is 0.315 e. The van der Waals surface area contributed by atoms with Gasteiger partial charge in [0, 0.05) is 18.0 Å². The van der Waals surface area contributed by atoms with E-state index in [9.17, 15) is 9.59 Å². The Bertz CT molecular complexity index is 377. The summed E-state index contributed by atoms with van der Waals surface area (Å²) in [5, 5.41) is 0. The lowest BCUT2D eigenvalue weighted by Gasteiger charge is -2.01. The Morgan fingerprint density at radius 3 is 2.83 bits per heavy atom. The van der Waals surface area contributed by atoms with E-state index in [1.165, 1.54) is 12.3 Å². The van der Waals surface area contributed by atoms with Crippen molar-refractivity contribution >= 4 is 29.3 Å². The first-order valence-corrected chi connectivity index (χ1v) is 3.55. The van der Waals surface area contributed by atoms with E-state index in [1.807, 2.05) is 0 Å². The molecule has 0 fully saturated rings. The first-order chi connectivity index (χ1) is 5.72. The van der Waals surface area contributed by atoms with Gasteiger partial charge in [-0.05, 0) is 12.1 Å². The number of carbonyl (C=O) groups excluding carboxylic acids is 2. The van der Waals surface area contributed by atoms with Gasteiger partial charge in [0.15, 0.2) is 5.82 Å². The molecular weight excluding hydrogens is 180 g/mol. The molecule has 4 nitrogen and oxygen atoms in total. The van der Waals surface area contributed by atoms with E-state index in [2.05, 4.69) is 4.98 Å². The van der Waals surface area contributed by atoms with Crippen LogP contribution in [0, 0.1) is 0 Å². The predicted molar refractivity (Wildman–Crippen MR) is 41.9 cm³/mol. The lowest BCUT2D eigenvalue weighted by Crippen LogP contribution is -2.20. The maximum absolute atomic E-state index is 11.1. The van der Waals surface area contributed by atoms with Gasteiger partial charge in [-0.25, -0.2) is 4.98 Å². The number of fused-ring (bicyclic) bond motifs is 1. The molecule has 0 N–H and O–H groups in total. The van der Waals surface area contributed by atoms with E-state index in [-0.39, 0.29) is 11.4 Å². The van der Waals surface area contributed by atoms with E-state index in [1.54, 1.807) is 6.07 Å². The molecule has 1 aliphatic heterocycles. The van der Waals surface area contributed by atoms with Gasteiger partial charge in [0.2, 0.25) is 0 Å². The second kappa shape index (κ2) is 2.28. The van der Waals surface area contributed by atoms with Crippen molar-refractivity contribution < 1.29 is 9.59 Å². The summed E-state index contributed by atoms with van der Waals surface area (Å²) in [5.41, 5.74) is 0.262. The SMILES string of the molecule is O=C1C(=O)N(Cl)c2ncccc21. The summed E-state index contributed by atoms with van der Waals surface area (Å²) in [4.78, 5) is 25.9. The van der Waals surface area contributed by atoms with Crippen LogP contribution in [-0.2, 0) is 4.79 Å². The Labute approximate surface area is 72.9 Å². The van der Waals surface area contributed by atoms with Gasteiger partial charge in [0.1, 0.15) is 0 Å². The van der Waals surface area contributed by atoms with Crippen LogP contribution in [0.4, 0.5) is 5.82 Å². The van der Waals surface area contributed by atoms with Crippen molar-refractivity contribution in [3.8, 4) is 0 Å². The third-order valence-corrected chi connectivity index (χ3v) is 1.90. The molecule has 0 unspecified atom stereocenters. The quantitative estimate of drug-likeness (QED) is 0.440. The third-order valence-electron chi connectivity index (χ3n) is 1.59. The molecule has 2 rings (SSSR count). The summed E-state index contributed by atoms with van der Waals surface area (Å²) in [6.07, 6.45) is 1.47. The van der Waals surface area contributed by atoms with E-state index in [0.29, 0.717) is 0 Å². The number of pyridine rings is 1. The molecule has 0 atom stereocenters. The molecule has 1 aromatic rings. The second-order valence-electron chi connectivity index (χ2n) is 2.29. The van der Waals surface area contributed by atoms with Crippen molar-refractivity contribution in [1.29, 1.82) is 0 Å². The van der Waals surface area contributed by atoms with E-state index in [4.69, 9.17) is 11.8 Å². The molecule has 60 valence electrons. The molecule has 0 saturated heterocycles. The summed E-state index contributed by atoms with van der Waals surface area (Å²) in [5.74, 6) is -1.13. The smallest absolute Gasteiger partial charge is 0.283 e. The highest BCUT2D eigenvalue weighted by Gasteiger charge is 2.35. The minimum atomic E-state index is -0.745. The highest BCUT2D eigenvalue weighted by molar-refractivity contribution is 6.61. The van der Waals surface area contributed by atoms with Gasteiger partial charge in [0.05, 0.1) is 5.56 Å². The number of hydrogen-bond acceptors (Lipinski definition) is 3. The van der Waals surface area contributed by atoms with E-state index >= 15 is 0 Å². The Kier molecular flexibility index (Phi) is 1.38. The topological polar surface area (TPSA) is 50.3 Å². The maximum atomic E-state index is 11.1. The van der Waals surface area contributed by atoms with Gasteiger partial charge < -0.3 is 0 Å². The van der Waals surface area contributed by atoms with Crippen molar-refractivity contribution in [2.24, 2.45) is 0 Å². The molecule has 1 amide bonds. The Morgan fingerprint density at radius 2 is 2.17 bits per heavy atom. The van der Waals surface area contributed by atoms with Gasteiger partial charge >= 0.3 is 5.91 Å². The highest BCUT2D eigenvalue weighted by atomic mass is 35.5. The Hall–Kier alpha value is -1.42. The van der Waals surface area contributed by atoms with Gasteiger partial charge in [-0.15, -0.1) is 0 Å². The minimum Gasteiger partial charge on any atom is -0.283 e. The zero-order chi connectivity index (χ0) is 8.72. The zero-order valence-corrected chi connectivity index (χ0v) is 6.58. The van der Waals surface area contributed by atoms with Crippen LogP contribution in [-0.4, -0.2) is 16.7 Å². The predicted octanol–water partition coefficient (Wildman–Crippen LogP) is 0.765. The van der Waals surface area contributed by atoms with Gasteiger partial charge in [-0.3, -0.25) is 9.59 Å². The first kappa shape index (κ1) is 7.24. The number of nitrogens with zero attached hydrogens (tertiary/aromatic N) is 2. The number of amides is 1. The van der Waals surface area contributed by atoms with Crippen LogP contribution >= 0.6 is 11.8 Å². The number of hydrogen-bond donors (Lipinski definition) is 0. The van der Waals surface area contributed by atoms with Crippen LogP contribution in [0.3, 0.4) is 0 Å². The summed E-state index contributed by atoms with van der Waals surface area (Å²) in [6, 6.07) is 3.10. The fourth-order valence-electron chi connectivity index (χ4n) is 1.03. The molecule has 0 spiro atoms. The number of halogens is 1. The molecule has 0 radical (unpaired) electrons. The van der Waals surface area contributed by atoms with E-state index < -0.39 is 11.7 Å². The van der Waals surface area contributed by atoms with Gasteiger partial charge in [0.25, 0.3) is 5.78 Å². The number of Topliss-reactive ketones (excluding diaryl/α,β-unsaturated/α-hetero) is 1. The fraction of sp³-hybridized carbons (Fsp3) is 0. The van der Waals surface area contributed by atoms with Gasteiger partial charge in [-0.1, -0.05) is 0 Å². The van der Waals surface area contributed by atoms with Crippen molar-refractivity contribution in [3.05, 3.63) is 23.9 Å². The second-order valence-corrected chi connectivity index (χ2v) is 2.63. The monoisotopic (exact) mass is 182 g/mol. The van der Waals surface area contributed by atoms with Crippen LogP contribution < -0.4 is 4.42 Å². The average molecular weight is 183 g/mol. The molecule has 1 aliphatic rings. The standard InChI is InChI=1S/C7H3ClN2O2/c8-10-6-4(2-1-3-9-6)5(11)7(10)12/h1-3H. The molecule has 0 aliphatic carbocycles. The molecule has 0 aromatic carbocycles. The van der Waals surface area contributed by atoms with Crippen LogP contribution in [0.25, 0.3) is 0 Å². The third kappa shape index (κ3) is 0.753. The van der Waals surface area contributed by atoms with Crippen LogP contribution in [0.5, 0.6) is 0 Å². The van der Waals surface area contributed by atoms with Crippen molar-refractivity contribution in [2.45, 2.75) is 0 Å². The molecule has 5 heteroatoms. The molecule has 1 aromatic heterocycles. The number of ketones is 1. The number of carbonyl (C=O) groups is 2. The van der Waals surface area contributed by atoms with Crippen molar-refractivity contribution in [2.75, 3.05) is 4.42 Å². The summed E-state index contributed by atoms with van der Waals surface area (Å²) < 4.78 is 0.734. The lowest BCUT2D eigenvalue weighted by molar-refractivity contribution is -0.113. The summed E-state index contributed by atoms with van der Waals surface area (Å²) >= 11 is 5.49. The van der Waals surface area contributed by atoms with E-state index in [0.717, 1.165) is 4.42 Å². The Morgan fingerprint density at radius 1 is 1.42 bits per heavy atom. The fourth-order valence-corrected chi connectivity index (χ4v) is 1.24. The number of rotatable bonds is 0. The van der Waals surface area contributed by atoms with Crippen molar-refractivity contribution in [3.63, 3.8) is 0 Å². The molecule has 0 bridgehead atoms. The zero-order valence-electron chi connectivity index (χ0n) is 5.82.